The summed E-state index contributed by atoms with van der Waals surface area (Å²) in [4.78, 5) is 3.27. The molecule has 0 unspecified atom stereocenters. The van der Waals surface area contributed by atoms with E-state index in [2.05, 4.69) is 4.98 Å². The first-order chi connectivity index (χ1) is 2.89. The van der Waals surface area contributed by atoms with E-state index in [0.717, 1.165) is 11.3 Å². The SMILES string of the molecule is [18F]c1nccs1. The molecule has 0 radical (unpaired) electrons. The molecule has 0 bridgehead atoms. The van der Waals surface area contributed by atoms with Crippen molar-refractivity contribution in [2.75, 3.05) is 0 Å². The normalized spacial score (nSPS) is 8.83. The average molecular weight is 102 g/mol. The summed E-state index contributed by atoms with van der Waals surface area (Å²) >= 11 is 1.000. The number of nitrogens with zero attached hydrogens (tertiary/aromatic N) is 1. The van der Waals surface area contributed by atoms with Gasteiger partial charge >= 0.3 is 0 Å². The van der Waals surface area contributed by atoms with Crippen LogP contribution in [0.4, 0.5) is 4.39 Å². The molecule has 0 spiro atoms. The molecule has 1 rings (SSSR count). The van der Waals surface area contributed by atoms with E-state index < -0.39 is 0 Å². The van der Waals surface area contributed by atoms with Crippen molar-refractivity contribution in [3.8, 4) is 0 Å². The lowest BCUT2D eigenvalue weighted by Gasteiger charge is -1.59. The van der Waals surface area contributed by atoms with Gasteiger partial charge < -0.3 is 0 Å². The van der Waals surface area contributed by atoms with Gasteiger partial charge in [0.05, 0.1) is 0 Å². The first-order valence-corrected chi connectivity index (χ1v) is 2.32. The van der Waals surface area contributed by atoms with Crippen LogP contribution in [0, 0.1) is 5.26 Å². The highest BCUT2D eigenvalue weighted by molar-refractivity contribution is 7.07. The predicted molar refractivity (Wildman–Crippen MR) is 22.1 cm³/mol. The van der Waals surface area contributed by atoms with Crippen molar-refractivity contribution < 1.29 is 4.39 Å². The van der Waals surface area contributed by atoms with Crippen LogP contribution in [0.15, 0.2) is 11.6 Å². The number of thiazole rings is 1. The summed E-state index contributed by atoms with van der Waals surface area (Å²) in [6.07, 6.45) is 1.43. The molecule has 0 aliphatic carbocycles. The van der Waals surface area contributed by atoms with Gasteiger partial charge in [0.2, 0.25) is 0 Å². The maximum atomic E-state index is 11.6. The van der Waals surface area contributed by atoms with E-state index in [1.165, 1.54) is 6.20 Å². The van der Waals surface area contributed by atoms with Gasteiger partial charge in [0.15, 0.2) is 0 Å². The highest BCUT2D eigenvalue weighted by Crippen LogP contribution is 1.97. The summed E-state index contributed by atoms with van der Waals surface area (Å²) in [5, 5.41) is 1.23. The third-order valence-corrected chi connectivity index (χ3v) is 0.960. The number of hydrogen-bond donors (Lipinski definition) is 0. The lowest BCUT2D eigenvalue weighted by Crippen LogP contribution is -1.58. The quantitative estimate of drug-likeness (QED) is 0.481. The molecule has 6 heavy (non-hydrogen) atoms. The van der Waals surface area contributed by atoms with Gasteiger partial charge in [-0.05, 0) is 0 Å². The van der Waals surface area contributed by atoms with Crippen LogP contribution in [0.5, 0.6) is 0 Å². The second-order valence-corrected chi connectivity index (χ2v) is 1.63. The van der Waals surface area contributed by atoms with Crippen molar-refractivity contribution in [3.63, 3.8) is 0 Å². The molecule has 0 fully saturated rings. The van der Waals surface area contributed by atoms with E-state index in [9.17, 15) is 4.39 Å². The molecule has 32 valence electrons. The third-order valence-electron chi connectivity index (χ3n) is 0.402. The molecule has 0 aromatic carbocycles. The molecule has 0 N–H and O–H groups in total. The zero-order valence-corrected chi connectivity index (χ0v) is 3.70. The van der Waals surface area contributed by atoms with Crippen LogP contribution in [-0.4, -0.2) is 4.98 Å². The molecular formula is C3H2FNS. The lowest BCUT2D eigenvalue weighted by molar-refractivity contribution is 0.617. The van der Waals surface area contributed by atoms with Gasteiger partial charge in [0, 0.05) is 11.6 Å². The van der Waals surface area contributed by atoms with Crippen LogP contribution in [0.3, 0.4) is 0 Å². The zero-order chi connectivity index (χ0) is 4.41. The van der Waals surface area contributed by atoms with E-state index in [1.54, 1.807) is 5.38 Å². The monoisotopic (exact) mass is 102 g/mol. The van der Waals surface area contributed by atoms with Gasteiger partial charge in [-0.2, -0.15) is 4.39 Å². The summed E-state index contributed by atoms with van der Waals surface area (Å²) < 4.78 is 11.6. The Labute approximate surface area is 38.5 Å². The number of rotatable bonds is 0. The minimum absolute atomic E-state index is 0.366. The summed E-state index contributed by atoms with van der Waals surface area (Å²) in [5.41, 5.74) is 0. The third kappa shape index (κ3) is 0.542. The molecular weight excluding hydrogens is 100 g/mol. The Morgan fingerprint density at radius 1 is 1.83 bits per heavy atom. The molecule has 0 amide bonds. The zero-order valence-electron chi connectivity index (χ0n) is 2.89. The standard InChI is InChI=1S/C3H2FNS/c4-3-5-1-2-6-3/h1-2H/i4-1. The molecule has 0 aliphatic heterocycles. The van der Waals surface area contributed by atoms with Crippen LogP contribution in [-0.2, 0) is 0 Å². The number of hydrogen-bond acceptors (Lipinski definition) is 2. The van der Waals surface area contributed by atoms with Crippen molar-refractivity contribution in [3.05, 3.63) is 16.8 Å². The van der Waals surface area contributed by atoms with Gasteiger partial charge in [-0.1, -0.05) is 11.3 Å². The van der Waals surface area contributed by atoms with Gasteiger partial charge in [-0.3, -0.25) is 0 Å². The van der Waals surface area contributed by atoms with Gasteiger partial charge in [0.25, 0.3) is 5.26 Å². The number of halogens is 1. The van der Waals surface area contributed by atoms with E-state index in [1.807, 2.05) is 0 Å². The summed E-state index contributed by atoms with van der Waals surface area (Å²) in [6.45, 7) is 0. The minimum atomic E-state index is -0.366. The van der Waals surface area contributed by atoms with Crippen LogP contribution < -0.4 is 0 Å². The van der Waals surface area contributed by atoms with Gasteiger partial charge in [-0.15, -0.1) is 0 Å². The van der Waals surface area contributed by atoms with Gasteiger partial charge in [-0.25, -0.2) is 4.98 Å². The first kappa shape index (κ1) is 3.74. The molecule has 1 heterocycles. The Morgan fingerprint density at radius 2 is 2.67 bits per heavy atom. The molecule has 3 heteroatoms. The molecule has 1 aromatic heterocycles. The smallest absolute Gasteiger partial charge is 0.218 e. The Morgan fingerprint density at radius 3 is 2.83 bits per heavy atom. The second-order valence-electron chi connectivity index (χ2n) is 0.785. The highest BCUT2D eigenvalue weighted by Gasteiger charge is 1.82. The summed E-state index contributed by atoms with van der Waals surface area (Å²) in [6, 6.07) is 0. The first-order valence-electron chi connectivity index (χ1n) is 1.44. The van der Waals surface area contributed by atoms with Crippen molar-refractivity contribution in [2.45, 2.75) is 0 Å². The van der Waals surface area contributed by atoms with E-state index in [-0.39, 0.29) is 5.26 Å². The summed E-state index contributed by atoms with van der Waals surface area (Å²) in [7, 11) is 0. The molecule has 0 saturated carbocycles. The second kappa shape index (κ2) is 1.34. The van der Waals surface area contributed by atoms with Crippen molar-refractivity contribution in [1.82, 2.24) is 4.98 Å². The largest absolute Gasteiger partial charge is 0.268 e. The van der Waals surface area contributed by atoms with Crippen LogP contribution in [0.2, 0.25) is 0 Å². The highest BCUT2D eigenvalue weighted by atomic mass is 32.1. The fraction of sp³-hybridized carbons (Fsp3) is 0. The molecule has 0 aliphatic rings. The molecule has 0 atom stereocenters. The molecule has 1 aromatic rings. The fourth-order valence-electron chi connectivity index (χ4n) is 0.206. The molecule has 1 nitrogen and oxygen atoms in total. The van der Waals surface area contributed by atoms with Crippen molar-refractivity contribution >= 4 is 11.3 Å². The van der Waals surface area contributed by atoms with E-state index >= 15 is 0 Å². The average Bonchev–Trinajstić information content (AvgIpc) is 1.86. The Kier molecular flexibility index (Phi) is 0.837. The maximum Gasteiger partial charge on any atom is 0.268 e. The Hall–Kier alpha value is -0.440. The topological polar surface area (TPSA) is 12.9 Å². The van der Waals surface area contributed by atoms with Crippen LogP contribution in [0.1, 0.15) is 0 Å². The van der Waals surface area contributed by atoms with Crippen LogP contribution >= 0.6 is 11.3 Å². The Bertz CT molecular complexity index is 114. The van der Waals surface area contributed by atoms with E-state index in [0.29, 0.717) is 0 Å². The predicted octanol–water partition coefficient (Wildman–Crippen LogP) is 1.28. The molecule has 0 saturated heterocycles. The maximum absolute atomic E-state index is 11.6. The van der Waals surface area contributed by atoms with E-state index in [4.69, 9.17) is 0 Å². The number of aromatic nitrogens is 1. The lowest BCUT2D eigenvalue weighted by atomic mass is 11.0. The Balaban J connectivity index is 3.05. The van der Waals surface area contributed by atoms with Crippen molar-refractivity contribution in [1.29, 1.82) is 0 Å². The van der Waals surface area contributed by atoms with Crippen molar-refractivity contribution in [2.24, 2.45) is 0 Å². The fourth-order valence-corrected chi connectivity index (χ4v) is 0.562. The minimum Gasteiger partial charge on any atom is -0.218 e. The summed E-state index contributed by atoms with van der Waals surface area (Å²) in [5.74, 6) is 0. The van der Waals surface area contributed by atoms with Gasteiger partial charge in [0.1, 0.15) is 0 Å². The van der Waals surface area contributed by atoms with Crippen LogP contribution in [0.25, 0.3) is 0 Å².